The molecule has 1 aromatic heterocycles. The highest BCUT2D eigenvalue weighted by Crippen LogP contribution is 2.20. The Balaban J connectivity index is 2.06. The summed E-state index contributed by atoms with van der Waals surface area (Å²) in [6.07, 6.45) is 1.55. The van der Waals surface area contributed by atoms with Crippen LogP contribution in [0.5, 0.6) is 0 Å². The van der Waals surface area contributed by atoms with E-state index in [1.807, 2.05) is 18.2 Å². The predicted molar refractivity (Wildman–Crippen MR) is 87.2 cm³/mol. The minimum Gasteiger partial charge on any atom is -0.250 e. The SMILES string of the molecule is Fc1ccccc1-c1n[nH]c(=S)n1N=Cc1ccccc1Cl. The normalized spacial score (nSPS) is 11.2. The van der Waals surface area contributed by atoms with Gasteiger partial charge < -0.3 is 0 Å². The van der Waals surface area contributed by atoms with Crippen LogP contribution in [0.3, 0.4) is 0 Å². The predicted octanol–water partition coefficient (Wildman–Crippen LogP) is 4.28. The van der Waals surface area contributed by atoms with Crippen molar-refractivity contribution in [2.45, 2.75) is 0 Å². The van der Waals surface area contributed by atoms with Crippen LogP contribution in [0, 0.1) is 10.6 Å². The molecule has 0 aliphatic rings. The van der Waals surface area contributed by atoms with E-state index in [2.05, 4.69) is 15.3 Å². The van der Waals surface area contributed by atoms with Gasteiger partial charge in [0.25, 0.3) is 0 Å². The van der Waals surface area contributed by atoms with Crippen LogP contribution in [0.25, 0.3) is 11.4 Å². The summed E-state index contributed by atoms with van der Waals surface area (Å²) in [5.74, 6) is -0.0999. The molecule has 1 N–H and O–H groups in total. The molecule has 3 rings (SSSR count). The molecular formula is C15H10ClFN4S. The third-order valence-corrected chi connectivity index (χ3v) is 3.59. The summed E-state index contributed by atoms with van der Waals surface area (Å²) < 4.78 is 15.5. The van der Waals surface area contributed by atoms with Crippen LogP contribution in [0.1, 0.15) is 5.56 Å². The Bertz CT molecular complexity index is 900. The van der Waals surface area contributed by atoms with Crippen molar-refractivity contribution in [3.8, 4) is 11.4 Å². The summed E-state index contributed by atoms with van der Waals surface area (Å²) in [5, 5.41) is 11.5. The van der Waals surface area contributed by atoms with Gasteiger partial charge in [-0.3, -0.25) is 0 Å². The van der Waals surface area contributed by atoms with E-state index in [0.717, 1.165) is 5.56 Å². The average molecular weight is 333 g/mol. The molecule has 0 saturated heterocycles. The van der Waals surface area contributed by atoms with Crippen LogP contribution < -0.4 is 0 Å². The van der Waals surface area contributed by atoms with Crippen LogP contribution >= 0.6 is 23.8 Å². The summed E-state index contributed by atoms with van der Waals surface area (Å²) in [6, 6.07) is 13.5. The zero-order valence-electron chi connectivity index (χ0n) is 11.2. The van der Waals surface area contributed by atoms with Gasteiger partial charge >= 0.3 is 0 Å². The van der Waals surface area contributed by atoms with Crippen LogP contribution in [0.15, 0.2) is 53.6 Å². The van der Waals surface area contributed by atoms with Crippen molar-refractivity contribution in [3.63, 3.8) is 0 Å². The van der Waals surface area contributed by atoms with Gasteiger partial charge in [0.05, 0.1) is 11.8 Å². The molecule has 2 aromatic carbocycles. The monoisotopic (exact) mass is 332 g/mol. The van der Waals surface area contributed by atoms with Crippen molar-refractivity contribution in [2.24, 2.45) is 5.10 Å². The molecule has 0 unspecified atom stereocenters. The topological polar surface area (TPSA) is 46.0 Å². The number of hydrogen-bond donors (Lipinski definition) is 1. The number of halogens is 2. The van der Waals surface area contributed by atoms with Gasteiger partial charge in [0, 0.05) is 10.6 Å². The molecule has 0 bridgehead atoms. The maximum absolute atomic E-state index is 13.9. The molecule has 0 atom stereocenters. The standard InChI is InChI=1S/C15H10ClFN4S/c16-12-7-3-1-5-10(12)9-18-21-14(19-20-15(21)22)11-6-2-4-8-13(11)17/h1-9H,(H,20,22). The molecular weight excluding hydrogens is 323 g/mol. The van der Waals surface area contributed by atoms with Crippen LogP contribution in [0.2, 0.25) is 5.02 Å². The maximum Gasteiger partial charge on any atom is 0.216 e. The molecule has 7 heteroatoms. The number of H-pyrrole nitrogens is 1. The van der Waals surface area contributed by atoms with E-state index >= 15 is 0 Å². The van der Waals surface area contributed by atoms with Gasteiger partial charge in [0.15, 0.2) is 5.82 Å². The van der Waals surface area contributed by atoms with E-state index in [4.69, 9.17) is 23.8 Å². The summed E-state index contributed by atoms with van der Waals surface area (Å²) in [4.78, 5) is 0. The van der Waals surface area contributed by atoms with Crippen LogP contribution in [-0.4, -0.2) is 21.1 Å². The highest BCUT2D eigenvalue weighted by atomic mass is 35.5. The summed E-state index contributed by atoms with van der Waals surface area (Å²) in [7, 11) is 0. The fourth-order valence-electron chi connectivity index (χ4n) is 1.92. The smallest absolute Gasteiger partial charge is 0.216 e. The Kier molecular flexibility index (Phi) is 4.13. The van der Waals surface area contributed by atoms with Crippen LogP contribution in [0.4, 0.5) is 4.39 Å². The molecule has 0 aliphatic heterocycles. The Morgan fingerprint density at radius 2 is 1.91 bits per heavy atom. The first-order valence-electron chi connectivity index (χ1n) is 6.38. The molecule has 110 valence electrons. The lowest BCUT2D eigenvalue weighted by molar-refractivity contribution is 0.628. The van der Waals surface area contributed by atoms with Gasteiger partial charge in [-0.2, -0.15) is 14.9 Å². The lowest BCUT2D eigenvalue weighted by Crippen LogP contribution is -1.97. The fourth-order valence-corrected chi connectivity index (χ4v) is 2.28. The molecule has 4 nitrogen and oxygen atoms in total. The van der Waals surface area contributed by atoms with Crippen molar-refractivity contribution in [1.82, 2.24) is 14.9 Å². The van der Waals surface area contributed by atoms with E-state index < -0.39 is 5.82 Å². The lowest BCUT2D eigenvalue weighted by atomic mass is 10.2. The zero-order valence-corrected chi connectivity index (χ0v) is 12.8. The summed E-state index contributed by atoms with van der Waals surface area (Å²) in [6.45, 7) is 0. The van der Waals surface area contributed by atoms with Gasteiger partial charge in [-0.05, 0) is 30.4 Å². The van der Waals surface area contributed by atoms with E-state index in [1.54, 1.807) is 30.5 Å². The zero-order chi connectivity index (χ0) is 15.5. The minimum absolute atomic E-state index is 0.265. The molecule has 22 heavy (non-hydrogen) atoms. The maximum atomic E-state index is 13.9. The van der Waals surface area contributed by atoms with E-state index in [-0.39, 0.29) is 4.77 Å². The first kappa shape index (κ1) is 14.6. The number of benzene rings is 2. The van der Waals surface area contributed by atoms with E-state index in [1.165, 1.54) is 10.7 Å². The molecule has 0 aliphatic carbocycles. The Labute approximate surface area is 135 Å². The third-order valence-electron chi connectivity index (χ3n) is 2.98. The fraction of sp³-hybridized carbons (Fsp3) is 0. The van der Waals surface area contributed by atoms with Gasteiger partial charge in [-0.25, -0.2) is 9.49 Å². The number of aromatic nitrogens is 3. The first-order chi connectivity index (χ1) is 10.7. The number of hydrogen-bond acceptors (Lipinski definition) is 3. The van der Waals surface area contributed by atoms with Crippen molar-refractivity contribution >= 4 is 30.0 Å². The van der Waals surface area contributed by atoms with Crippen molar-refractivity contribution in [1.29, 1.82) is 0 Å². The minimum atomic E-state index is -0.398. The average Bonchev–Trinajstić information content (AvgIpc) is 2.88. The molecule has 0 saturated carbocycles. The molecule has 0 spiro atoms. The van der Waals surface area contributed by atoms with Gasteiger partial charge in [-0.15, -0.1) is 0 Å². The molecule has 0 amide bonds. The van der Waals surface area contributed by atoms with E-state index in [0.29, 0.717) is 16.4 Å². The number of rotatable bonds is 3. The Hall–Kier alpha value is -2.31. The summed E-state index contributed by atoms with van der Waals surface area (Å²) in [5.41, 5.74) is 1.04. The van der Waals surface area contributed by atoms with Crippen molar-refractivity contribution in [2.75, 3.05) is 0 Å². The van der Waals surface area contributed by atoms with Crippen molar-refractivity contribution in [3.05, 3.63) is 69.7 Å². The highest BCUT2D eigenvalue weighted by Gasteiger charge is 2.12. The largest absolute Gasteiger partial charge is 0.250 e. The number of nitrogens with one attached hydrogen (secondary N) is 1. The molecule has 0 fully saturated rings. The second-order valence-corrected chi connectivity index (χ2v) is 5.20. The van der Waals surface area contributed by atoms with E-state index in [9.17, 15) is 4.39 Å². The first-order valence-corrected chi connectivity index (χ1v) is 7.16. The Morgan fingerprint density at radius 1 is 1.18 bits per heavy atom. The molecule has 1 heterocycles. The highest BCUT2D eigenvalue weighted by molar-refractivity contribution is 7.71. The van der Waals surface area contributed by atoms with Gasteiger partial charge in [0.1, 0.15) is 5.82 Å². The third kappa shape index (κ3) is 2.84. The number of nitrogens with zero attached hydrogens (tertiary/aromatic N) is 3. The summed E-state index contributed by atoms with van der Waals surface area (Å²) >= 11 is 11.2. The molecule has 3 aromatic rings. The second-order valence-electron chi connectivity index (χ2n) is 4.41. The lowest BCUT2D eigenvalue weighted by Gasteiger charge is -2.02. The second kappa shape index (κ2) is 6.21. The number of aromatic amines is 1. The quantitative estimate of drug-likeness (QED) is 0.574. The Morgan fingerprint density at radius 3 is 2.68 bits per heavy atom. The van der Waals surface area contributed by atoms with Crippen molar-refractivity contribution < 1.29 is 4.39 Å². The van der Waals surface area contributed by atoms with Gasteiger partial charge in [-0.1, -0.05) is 41.9 Å². The molecule has 0 radical (unpaired) electrons. The van der Waals surface area contributed by atoms with Gasteiger partial charge in [0.2, 0.25) is 4.77 Å². The van der Waals surface area contributed by atoms with Crippen LogP contribution in [-0.2, 0) is 0 Å².